The number of hydrogen-bond acceptors (Lipinski definition) is 3. The molecule has 0 bridgehead atoms. The topological polar surface area (TPSA) is 58.6 Å². The van der Waals surface area contributed by atoms with Crippen molar-refractivity contribution in [1.29, 1.82) is 0 Å². The van der Waals surface area contributed by atoms with Crippen molar-refractivity contribution in [3.05, 3.63) is 99.5 Å². The Morgan fingerprint density at radius 3 is 2.20 bits per heavy atom. The lowest BCUT2D eigenvalue weighted by Crippen LogP contribution is -2.35. The van der Waals surface area contributed by atoms with Crippen molar-refractivity contribution in [3.63, 3.8) is 0 Å². The zero-order valence-corrected chi connectivity index (χ0v) is 17.2. The number of carbonyl (C=O) groups is 2. The quantitative estimate of drug-likeness (QED) is 0.448. The summed E-state index contributed by atoms with van der Waals surface area (Å²) in [5, 5.41) is 2.31. The van der Waals surface area contributed by atoms with Crippen molar-refractivity contribution in [2.24, 2.45) is 0 Å². The van der Waals surface area contributed by atoms with Gasteiger partial charge in [0, 0.05) is 15.6 Å². The molecule has 3 aromatic rings. The number of halogens is 2. The summed E-state index contributed by atoms with van der Waals surface area (Å²) in [5.74, 6) is -0.237. The molecule has 5 nitrogen and oxygen atoms in total. The first kappa shape index (κ1) is 20.0. The highest BCUT2D eigenvalue weighted by Crippen LogP contribution is 2.26. The molecule has 1 N–H and O–H groups in total. The van der Waals surface area contributed by atoms with Crippen LogP contribution in [0.4, 0.5) is 5.69 Å². The zero-order valence-electron chi connectivity index (χ0n) is 15.6. The van der Waals surface area contributed by atoms with Gasteiger partial charge in [0.2, 0.25) is 0 Å². The summed E-state index contributed by atoms with van der Waals surface area (Å²) in [6.45, 7) is 0.228. The van der Waals surface area contributed by atoms with Gasteiger partial charge in [-0.2, -0.15) is 0 Å². The molecular weight excluding hydrogens is 423 g/mol. The van der Waals surface area contributed by atoms with Crippen LogP contribution in [0, 0.1) is 0 Å². The van der Waals surface area contributed by atoms with Gasteiger partial charge in [-0.15, -0.1) is 0 Å². The van der Waals surface area contributed by atoms with E-state index in [0.29, 0.717) is 32.6 Å². The summed E-state index contributed by atoms with van der Waals surface area (Å²) in [5.41, 5.74) is 4.65. The average Bonchev–Trinajstić information content (AvgIpc) is 3.03. The van der Waals surface area contributed by atoms with Crippen LogP contribution < -0.4 is 15.2 Å². The minimum Gasteiger partial charge on any atom is -0.489 e. The third-order valence-corrected chi connectivity index (χ3v) is 5.25. The van der Waals surface area contributed by atoms with Gasteiger partial charge in [0.05, 0.1) is 5.69 Å². The van der Waals surface area contributed by atoms with E-state index >= 15 is 0 Å². The highest BCUT2D eigenvalue weighted by molar-refractivity contribution is 6.36. The van der Waals surface area contributed by atoms with Crippen molar-refractivity contribution >= 4 is 46.8 Å². The monoisotopic (exact) mass is 438 g/mol. The molecule has 1 aliphatic rings. The van der Waals surface area contributed by atoms with E-state index < -0.39 is 11.8 Å². The molecule has 0 saturated carbocycles. The van der Waals surface area contributed by atoms with E-state index in [2.05, 4.69) is 5.43 Å². The van der Waals surface area contributed by atoms with Crippen LogP contribution in [0.1, 0.15) is 11.1 Å². The Morgan fingerprint density at radius 1 is 0.867 bits per heavy atom. The predicted octanol–water partition coefficient (Wildman–Crippen LogP) is 5.03. The van der Waals surface area contributed by atoms with Gasteiger partial charge in [-0.25, -0.2) is 5.01 Å². The lowest BCUT2D eigenvalue weighted by molar-refractivity contribution is -0.117. The number of ether oxygens (including phenoxy) is 1. The summed E-state index contributed by atoms with van der Waals surface area (Å²) < 4.78 is 5.75. The van der Waals surface area contributed by atoms with Crippen LogP contribution in [-0.4, -0.2) is 11.8 Å². The van der Waals surface area contributed by atoms with Gasteiger partial charge >= 0.3 is 0 Å². The van der Waals surface area contributed by atoms with Gasteiger partial charge in [-0.05, 0) is 48.0 Å². The van der Waals surface area contributed by atoms with Crippen molar-refractivity contribution in [3.8, 4) is 5.75 Å². The summed E-state index contributed by atoms with van der Waals surface area (Å²) in [6, 6.07) is 21.2. The molecule has 1 saturated heterocycles. The van der Waals surface area contributed by atoms with Crippen molar-refractivity contribution in [2.75, 3.05) is 5.01 Å². The molecule has 2 amide bonds. The van der Waals surface area contributed by atoms with Crippen molar-refractivity contribution in [1.82, 2.24) is 5.43 Å². The minimum atomic E-state index is -0.447. The maximum atomic E-state index is 12.6. The highest BCUT2D eigenvalue weighted by atomic mass is 35.5. The molecule has 1 aliphatic heterocycles. The lowest BCUT2D eigenvalue weighted by Gasteiger charge is -2.13. The maximum Gasteiger partial charge on any atom is 0.282 e. The molecule has 30 heavy (non-hydrogen) atoms. The molecule has 0 atom stereocenters. The van der Waals surface area contributed by atoms with E-state index in [1.165, 1.54) is 5.01 Å². The molecule has 150 valence electrons. The van der Waals surface area contributed by atoms with Crippen LogP contribution in [0.5, 0.6) is 5.75 Å². The Balaban J connectivity index is 1.47. The fraction of sp³-hybridized carbons (Fsp3) is 0.0435. The highest BCUT2D eigenvalue weighted by Gasteiger charge is 2.34. The molecule has 3 aromatic carbocycles. The molecular formula is C23H16Cl2N2O3. The van der Waals surface area contributed by atoms with Crippen LogP contribution in [0.25, 0.3) is 6.08 Å². The Labute approximate surface area is 183 Å². The number of nitrogens with zero attached hydrogens (tertiary/aromatic N) is 1. The first-order chi connectivity index (χ1) is 14.5. The molecule has 0 aliphatic carbocycles. The van der Waals surface area contributed by atoms with Gasteiger partial charge in [-0.3, -0.25) is 15.0 Å². The van der Waals surface area contributed by atoms with E-state index in [1.807, 2.05) is 6.07 Å². The molecule has 0 aromatic heterocycles. The van der Waals surface area contributed by atoms with Crippen LogP contribution >= 0.6 is 23.2 Å². The average molecular weight is 439 g/mol. The number of anilines is 1. The van der Waals surface area contributed by atoms with E-state index in [0.717, 1.165) is 0 Å². The fourth-order valence-corrected chi connectivity index (χ4v) is 3.48. The van der Waals surface area contributed by atoms with Gasteiger partial charge < -0.3 is 4.74 Å². The number of amides is 2. The van der Waals surface area contributed by atoms with E-state index in [-0.39, 0.29) is 12.2 Å². The number of para-hydroxylation sites is 1. The van der Waals surface area contributed by atoms with E-state index in [9.17, 15) is 9.59 Å². The van der Waals surface area contributed by atoms with Crippen molar-refractivity contribution in [2.45, 2.75) is 6.61 Å². The molecule has 0 spiro atoms. The first-order valence-electron chi connectivity index (χ1n) is 9.11. The second-order valence-electron chi connectivity index (χ2n) is 6.53. The van der Waals surface area contributed by atoms with Gasteiger partial charge in [0.1, 0.15) is 17.9 Å². The Bertz CT molecular complexity index is 1110. The van der Waals surface area contributed by atoms with Gasteiger partial charge in [0.15, 0.2) is 0 Å². The maximum absolute atomic E-state index is 12.6. The van der Waals surface area contributed by atoms with Crippen molar-refractivity contribution < 1.29 is 14.3 Å². The Hall–Kier alpha value is -3.28. The zero-order chi connectivity index (χ0) is 21.1. The molecule has 0 unspecified atom stereocenters. The largest absolute Gasteiger partial charge is 0.489 e. The standard InChI is InChI=1S/C23H16Cl2N2O3/c24-20-7-4-8-21(25)19(20)14-30-17-11-9-15(10-12-17)13-18-22(28)26-27(23(18)29)16-5-2-1-3-6-16/h1-13H,14H2,(H,26,28)/b18-13-. The van der Waals surface area contributed by atoms with E-state index in [1.54, 1.807) is 72.8 Å². The fourth-order valence-electron chi connectivity index (χ4n) is 2.97. The SMILES string of the molecule is O=C1NN(c2ccccc2)C(=O)/C1=C\c1ccc(OCc2c(Cl)cccc2Cl)cc1. The predicted molar refractivity (Wildman–Crippen MR) is 117 cm³/mol. The van der Waals surface area contributed by atoms with E-state index in [4.69, 9.17) is 27.9 Å². The lowest BCUT2D eigenvalue weighted by atomic mass is 10.1. The van der Waals surface area contributed by atoms with Crippen LogP contribution in [0.2, 0.25) is 10.0 Å². The van der Waals surface area contributed by atoms with Crippen LogP contribution in [0.15, 0.2) is 78.4 Å². The minimum absolute atomic E-state index is 0.0652. The summed E-state index contributed by atoms with van der Waals surface area (Å²) in [6.07, 6.45) is 1.55. The Morgan fingerprint density at radius 2 is 1.53 bits per heavy atom. The number of carbonyl (C=O) groups excluding carboxylic acids is 2. The molecule has 0 radical (unpaired) electrons. The third-order valence-electron chi connectivity index (χ3n) is 4.54. The van der Waals surface area contributed by atoms with Gasteiger partial charge in [-0.1, -0.05) is 59.6 Å². The van der Waals surface area contributed by atoms with Gasteiger partial charge in [0.25, 0.3) is 11.8 Å². The molecule has 4 rings (SSSR count). The first-order valence-corrected chi connectivity index (χ1v) is 9.86. The summed E-state index contributed by atoms with van der Waals surface area (Å²) in [7, 11) is 0. The third kappa shape index (κ3) is 4.17. The summed E-state index contributed by atoms with van der Waals surface area (Å²) in [4.78, 5) is 24.9. The second kappa shape index (κ2) is 8.61. The number of nitrogens with one attached hydrogen (secondary N) is 1. The molecule has 1 fully saturated rings. The van der Waals surface area contributed by atoms with Crippen LogP contribution in [-0.2, 0) is 16.2 Å². The molecule has 7 heteroatoms. The number of hydrazine groups is 1. The second-order valence-corrected chi connectivity index (χ2v) is 7.35. The normalized spacial score (nSPS) is 14.9. The number of hydrogen-bond donors (Lipinski definition) is 1. The summed E-state index contributed by atoms with van der Waals surface area (Å²) >= 11 is 12.3. The smallest absolute Gasteiger partial charge is 0.282 e. The van der Waals surface area contributed by atoms with Crippen LogP contribution in [0.3, 0.4) is 0 Å². The Kier molecular flexibility index (Phi) is 5.74. The number of rotatable bonds is 5. The molecule has 1 heterocycles. The number of benzene rings is 3.